The maximum absolute atomic E-state index is 13.7. The standard InChI is InChI=1S/C16H18BrFN4O/c17-13-1-2-14(18)12(9-13)3-4-19-15-10-16(21-11-20-15)22-5-7-23-8-6-22/h1-2,9-11H,3-8H2,(H,19,20,21). The van der Waals surface area contributed by atoms with Crippen molar-refractivity contribution in [3.8, 4) is 0 Å². The minimum absolute atomic E-state index is 0.188. The molecule has 1 N–H and O–H groups in total. The maximum Gasteiger partial charge on any atom is 0.134 e. The van der Waals surface area contributed by atoms with Crippen LogP contribution >= 0.6 is 15.9 Å². The Kier molecular flexibility index (Phi) is 5.40. The summed E-state index contributed by atoms with van der Waals surface area (Å²) in [5.41, 5.74) is 0.675. The summed E-state index contributed by atoms with van der Waals surface area (Å²) < 4.78 is 19.9. The van der Waals surface area contributed by atoms with Crippen LogP contribution in [0.2, 0.25) is 0 Å². The fraction of sp³-hybridized carbons (Fsp3) is 0.375. The molecule has 1 saturated heterocycles. The molecule has 0 atom stereocenters. The van der Waals surface area contributed by atoms with Gasteiger partial charge in [0.1, 0.15) is 23.8 Å². The minimum atomic E-state index is -0.188. The first kappa shape index (κ1) is 16.1. The molecular weight excluding hydrogens is 363 g/mol. The van der Waals surface area contributed by atoms with Crippen molar-refractivity contribution in [2.75, 3.05) is 43.1 Å². The second-order valence-electron chi connectivity index (χ2n) is 5.27. The minimum Gasteiger partial charge on any atom is -0.378 e. The van der Waals surface area contributed by atoms with Gasteiger partial charge in [0.05, 0.1) is 13.2 Å². The number of hydrogen-bond donors (Lipinski definition) is 1. The van der Waals surface area contributed by atoms with Gasteiger partial charge in [-0.15, -0.1) is 0 Å². The molecule has 122 valence electrons. The summed E-state index contributed by atoms with van der Waals surface area (Å²) in [7, 11) is 0. The van der Waals surface area contributed by atoms with Gasteiger partial charge in [-0.2, -0.15) is 0 Å². The number of ether oxygens (including phenoxy) is 1. The lowest BCUT2D eigenvalue weighted by molar-refractivity contribution is 0.122. The van der Waals surface area contributed by atoms with Crippen molar-refractivity contribution in [1.82, 2.24) is 9.97 Å². The van der Waals surface area contributed by atoms with E-state index in [2.05, 4.69) is 36.1 Å². The van der Waals surface area contributed by atoms with E-state index >= 15 is 0 Å². The highest BCUT2D eigenvalue weighted by molar-refractivity contribution is 9.10. The molecule has 1 aliphatic rings. The van der Waals surface area contributed by atoms with Crippen LogP contribution < -0.4 is 10.2 Å². The Hall–Kier alpha value is -1.73. The van der Waals surface area contributed by atoms with E-state index in [0.717, 1.165) is 42.4 Å². The van der Waals surface area contributed by atoms with Crippen LogP contribution in [0, 0.1) is 5.82 Å². The third kappa shape index (κ3) is 4.39. The highest BCUT2D eigenvalue weighted by atomic mass is 79.9. The van der Waals surface area contributed by atoms with E-state index in [0.29, 0.717) is 18.5 Å². The second kappa shape index (κ2) is 7.70. The lowest BCUT2D eigenvalue weighted by Gasteiger charge is -2.27. The molecule has 0 unspecified atom stereocenters. The number of morpholine rings is 1. The summed E-state index contributed by atoms with van der Waals surface area (Å²) in [6.45, 7) is 3.70. The van der Waals surface area contributed by atoms with Crippen molar-refractivity contribution < 1.29 is 9.13 Å². The van der Waals surface area contributed by atoms with E-state index in [-0.39, 0.29) is 5.82 Å². The Morgan fingerprint density at radius 1 is 1.22 bits per heavy atom. The normalized spacial score (nSPS) is 14.8. The molecule has 5 nitrogen and oxygen atoms in total. The van der Waals surface area contributed by atoms with Crippen LogP contribution in [0.1, 0.15) is 5.56 Å². The zero-order valence-corrected chi connectivity index (χ0v) is 14.2. The Morgan fingerprint density at radius 3 is 2.87 bits per heavy atom. The van der Waals surface area contributed by atoms with Gasteiger partial charge < -0.3 is 15.0 Å². The van der Waals surface area contributed by atoms with Gasteiger partial charge in [-0.1, -0.05) is 15.9 Å². The predicted molar refractivity (Wildman–Crippen MR) is 91.4 cm³/mol. The lowest BCUT2D eigenvalue weighted by atomic mass is 10.1. The number of benzene rings is 1. The van der Waals surface area contributed by atoms with E-state index in [1.54, 1.807) is 18.5 Å². The number of anilines is 2. The maximum atomic E-state index is 13.7. The molecule has 1 aromatic heterocycles. The van der Waals surface area contributed by atoms with E-state index in [4.69, 9.17) is 4.74 Å². The van der Waals surface area contributed by atoms with Gasteiger partial charge in [0.2, 0.25) is 0 Å². The summed E-state index contributed by atoms with van der Waals surface area (Å²) in [5, 5.41) is 3.23. The molecular formula is C16H18BrFN4O. The molecule has 0 amide bonds. The van der Waals surface area contributed by atoms with Crippen LogP contribution in [-0.2, 0) is 11.2 Å². The first-order valence-corrected chi connectivity index (χ1v) is 8.34. The predicted octanol–water partition coefficient (Wildman–Crippen LogP) is 2.87. The molecule has 1 fully saturated rings. The molecule has 0 saturated carbocycles. The van der Waals surface area contributed by atoms with Crippen LogP contribution in [-0.4, -0.2) is 42.8 Å². The average Bonchev–Trinajstić information content (AvgIpc) is 2.59. The van der Waals surface area contributed by atoms with Crippen molar-refractivity contribution >= 4 is 27.6 Å². The smallest absolute Gasteiger partial charge is 0.134 e. The first-order valence-electron chi connectivity index (χ1n) is 7.55. The molecule has 1 aliphatic heterocycles. The quantitative estimate of drug-likeness (QED) is 0.863. The fourth-order valence-electron chi connectivity index (χ4n) is 2.47. The van der Waals surface area contributed by atoms with Gasteiger partial charge >= 0.3 is 0 Å². The molecule has 1 aromatic carbocycles. The van der Waals surface area contributed by atoms with Crippen LogP contribution in [0.3, 0.4) is 0 Å². The van der Waals surface area contributed by atoms with Gasteiger partial charge in [0.15, 0.2) is 0 Å². The number of halogens is 2. The molecule has 3 rings (SSSR count). The summed E-state index contributed by atoms with van der Waals surface area (Å²) >= 11 is 3.36. The third-order valence-electron chi connectivity index (χ3n) is 3.70. The highest BCUT2D eigenvalue weighted by Gasteiger charge is 2.13. The summed E-state index contributed by atoms with van der Waals surface area (Å²) in [6.07, 6.45) is 2.13. The topological polar surface area (TPSA) is 50.3 Å². The largest absolute Gasteiger partial charge is 0.378 e. The van der Waals surface area contributed by atoms with Crippen LogP contribution in [0.25, 0.3) is 0 Å². The van der Waals surface area contributed by atoms with Crippen LogP contribution in [0.4, 0.5) is 16.0 Å². The number of nitrogens with one attached hydrogen (secondary N) is 1. The Bertz CT molecular complexity index is 664. The Labute approximate surface area is 143 Å². The fourth-order valence-corrected chi connectivity index (χ4v) is 2.88. The van der Waals surface area contributed by atoms with Gasteiger partial charge in [-0.05, 0) is 30.2 Å². The Balaban J connectivity index is 1.59. The molecule has 23 heavy (non-hydrogen) atoms. The van der Waals surface area contributed by atoms with Crippen molar-refractivity contribution in [1.29, 1.82) is 0 Å². The van der Waals surface area contributed by atoms with Crippen LogP contribution in [0.15, 0.2) is 35.1 Å². The second-order valence-corrected chi connectivity index (χ2v) is 6.19. The van der Waals surface area contributed by atoms with Gasteiger partial charge in [-0.25, -0.2) is 14.4 Å². The van der Waals surface area contributed by atoms with Crippen molar-refractivity contribution in [2.45, 2.75) is 6.42 Å². The van der Waals surface area contributed by atoms with Gasteiger partial charge in [0.25, 0.3) is 0 Å². The highest BCUT2D eigenvalue weighted by Crippen LogP contribution is 2.17. The zero-order valence-electron chi connectivity index (χ0n) is 12.6. The first-order chi connectivity index (χ1) is 11.2. The lowest BCUT2D eigenvalue weighted by Crippen LogP contribution is -2.36. The molecule has 0 bridgehead atoms. The van der Waals surface area contributed by atoms with Gasteiger partial charge in [-0.3, -0.25) is 0 Å². The number of aromatic nitrogens is 2. The average molecular weight is 381 g/mol. The van der Waals surface area contributed by atoms with E-state index < -0.39 is 0 Å². The number of nitrogens with zero attached hydrogens (tertiary/aromatic N) is 3. The number of rotatable bonds is 5. The van der Waals surface area contributed by atoms with E-state index in [1.807, 2.05) is 6.07 Å². The molecule has 2 heterocycles. The molecule has 7 heteroatoms. The van der Waals surface area contributed by atoms with Gasteiger partial charge in [0, 0.05) is 30.2 Å². The van der Waals surface area contributed by atoms with Crippen molar-refractivity contribution in [2.24, 2.45) is 0 Å². The number of hydrogen-bond acceptors (Lipinski definition) is 5. The summed E-state index contributed by atoms with van der Waals surface area (Å²) in [4.78, 5) is 10.7. The molecule has 2 aromatic rings. The molecule has 0 aliphatic carbocycles. The molecule has 0 radical (unpaired) electrons. The SMILES string of the molecule is Fc1ccc(Br)cc1CCNc1cc(N2CCOCC2)ncn1. The van der Waals surface area contributed by atoms with Crippen LogP contribution in [0.5, 0.6) is 0 Å². The zero-order chi connectivity index (χ0) is 16.1. The molecule has 0 spiro atoms. The summed E-state index contributed by atoms with van der Waals surface area (Å²) in [6, 6.07) is 6.89. The van der Waals surface area contributed by atoms with E-state index in [9.17, 15) is 4.39 Å². The van der Waals surface area contributed by atoms with Crippen molar-refractivity contribution in [3.05, 3.63) is 46.4 Å². The summed E-state index contributed by atoms with van der Waals surface area (Å²) in [5.74, 6) is 1.45. The van der Waals surface area contributed by atoms with E-state index in [1.165, 1.54) is 6.07 Å². The third-order valence-corrected chi connectivity index (χ3v) is 4.19. The van der Waals surface area contributed by atoms with Crippen molar-refractivity contribution in [3.63, 3.8) is 0 Å². The monoisotopic (exact) mass is 380 g/mol. The Morgan fingerprint density at radius 2 is 2.04 bits per heavy atom.